The quantitative estimate of drug-likeness (QED) is 0.553. The molecule has 0 fully saturated rings. The van der Waals surface area contributed by atoms with E-state index in [1.807, 2.05) is 6.92 Å². The first-order chi connectivity index (χ1) is 12.8. The second-order valence-electron chi connectivity index (χ2n) is 5.33. The fraction of sp³-hybridized carbons (Fsp3) is 0.429. The van der Waals surface area contributed by atoms with Gasteiger partial charge in [-0.1, -0.05) is 0 Å². The minimum Gasteiger partial charge on any atom is -0.414 e. The Hall–Kier alpha value is -2.41. The number of aryl methyl sites for hydroxylation is 1. The molecule has 13 heteroatoms. The molecule has 3 rings (SSSR count). The molecule has 0 saturated heterocycles. The minimum absolute atomic E-state index is 0.0217. The summed E-state index contributed by atoms with van der Waals surface area (Å²) in [4.78, 5) is 4.53. The Morgan fingerprint density at radius 3 is 2.67 bits per heavy atom. The van der Waals surface area contributed by atoms with Crippen molar-refractivity contribution in [1.29, 1.82) is 0 Å². The molecule has 0 unspecified atom stereocenters. The first-order valence-corrected chi connectivity index (χ1v) is 10.4. The normalized spacial score (nSPS) is 12.0. The molecule has 0 atom stereocenters. The van der Waals surface area contributed by atoms with Crippen LogP contribution in [0.3, 0.4) is 0 Å². The van der Waals surface area contributed by atoms with E-state index in [1.54, 1.807) is 17.8 Å². The fourth-order valence-electron chi connectivity index (χ4n) is 2.19. The van der Waals surface area contributed by atoms with Gasteiger partial charge in [-0.15, -0.1) is 21.5 Å². The van der Waals surface area contributed by atoms with E-state index in [0.29, 0.717) is 22.1 Å². The van der Waals surface area contributed by atoms with Crippen LogP contribution in [0, 0.1) is 0 Å². The summed E-state index contributed by atoms with van der Waals surface area (Å²) in [6, 6.07) is 0. The third-order valence-electron chi connectivity index (χ3n) is 3.60. The molecule has 3 aromatic rings. The Bertz CT molecular complexity index is 1010. The van der Waals surface area contributed by atoms with Gasteiger partial charge in [0, 0.05) is 12.7 Å². The number of hydrogen-bond acceptors (Lipinski definition) is 8. The summed E-state index contributed by atoms with van der Waals surface area (Å²) in [5, 5.41) is 11.4. The Kier molecular flexibility index (Phi) is 5.51. The van der Waals surface area contributed by atoms with Gasteiger partial charge in [-0.05, 0) is 13.8 Å². The van der Waals surface area contributed by atoms with Crippen LogP contribution in [0.1, 0.15) is 31.2 Å². The van der Waals surface area contributed by atoms with Crippen LogP contribution in [0.5, 0.6) is 0 Å². The molecule has 146 valence electrons. The van der Waals surface area contributed by atoms with Crippen LogP contribution in [-0.4, -0.2) is 39.1 Å². The zero-order chi connectivity index (χ0) is 19.6. The average molecular weight is 418 g/mol. The Morgan fingerprint density at radius 1 is 1.30 bits per heavy atom. The van der Waals surface area contributed by atoms with Crippen molar-refractivity contribution >= 4 is 27.0 Å². The van der Waals surface area contributed by atoms with Crippen LogP contribution in [0.4, 0.5) is 14.5 Å². The van der Waals surface area contributed by atoms with Crippen LogP contribution in [0.15, 0.2) is 23.0 Å². The number of aromatic nitrogens is 5. The highest BCUT2D eigenvalue weighted by Crippen LogP contribution is 2.29. The summed E-state index contributed by atoms with van der Waals surface area (Å²) in [5.41, 5.74) is 0.424. The van der Waals surface area contributed by atoms with Crippen molar-refractivity contribution in [2.45, 2.75) is 33.4 Å². The highest BCUT2D eigenvalue weighted by molar-refractivity contribution is 7.92. The molecule has 0 aliphatic rings. The first kappa shape index (κ1) is 19.4. The third kappa shape index (κ3) is 4.13. The van der Waals surface area contributed by atoms with Gasteiger partial charge >= 0.3 is 6.43 Å². The minimum atomic E-state index is -3.57. The lowest BCUT2D eigenvalue weighted by atomic mass is 10.5. The second kappa shape index (κ2) is 7.68. The number of hydrogen-bond donors (Lipinski definition) is 0. The van der Waals surface area contributed by atoms with E-state index in [2.05, 4.69) is 20.3 Å². The number of sulfonamides is 1. The van der Waals surface area contributed by atoms with Crippen LogP contribution in [0.25, 0.3) is 10.8 Å². The predicted octanol–water partition coefficient (Wildman–Crippen LogP) is 2.70. The topological polar surface area (TPSA) is 107 Å². The van der Waals surface area contributed by atoms with E-state index in [4.69, 9.17) is 4.42 Å². The number of nitrogens with zero attached hydrogens (tertiary/aromatic N) is 6. The average Bonchev–Trinajstić information content (AvgIpc) is 3.38. The fourth-order valence-corrected chi connectivity index (χ4v) is 4.14. The maximum absolute atomic E-state index is 12.6. The summed E-state index contributed by atoms with van der Waals surface area (Å²) in [6.07, 6.45) is 1.63. The van der Waals surface area contributed by atoms with Gasteiger partial charge in [0.15, 0.2) is 0 Å². The first-order valence-electron chi connectivity index (χ1n) is 7.93. The highest BCUT2D eigenvalue weighted by Gasteiger charge is 2.25. The standard InChI is InChI=1S/C14H16F2N6O3S2/c1-3-21-7-9(5-18-21)22(27(23,24)4-2)8-11-17-6-10(26-11)13-19-20-14(25-13)12(15)16/h5-7,12H,3-4,8H2,1-2H3. The SMILES string of the molecule is CCn1cc(N(Cc2ncc(-c3nnc(C(F)F)o3)s2)S(=O)(=O)CC)cn1. The monoisotopic (exact) mass is 418 g/mol. The molecule has 3 aromatic heterocycles. The van der Waals surface area contributed by atoms with Gasteiger partial charge in [-0.25, -0.2) is 13.4 Å². The van der Waals surface area contributed by atoms with Crippen LogP contribution >= 0.6 is 11.3 Å². The summed E-state index contributed by atoms with van der Waals surface area (Å²) in [6.45, 7) is 4.02. The van der Waals surface area contributed by atoms with Crippen molar-refractivity contribution in [2.75, 3.05) is 10.1 Å². The van der Waals surface area contributed by atoms with Gasteiger partial charge in [0.1, 0.15) is 9.88 Å². The van der Waals surface area contributed by atoms with Gasteiger partial charge in [0.2, 0.25) is 10.0 Å². The highest BCUT2D eigenvalue weighted by atomic mass is 32.2. The number of rotatable bonds is 8. The number of thiazole rings is 1. The van der Waals surface area contributed by atoms with E-state index in [-0.39, 0.29) is 18.2 Å². The van der Waals surface area contributed by atoms with Gasteiger partial charge in [-0.2, -0.15) is 13.9 Å². The zero-order valence-corrected chi connectivity index (χ0v) is 16.0. The van der Waals surface area contributed by atoms with E-state index in [9.17, 15) is 17.2 Å². The summed E-state index contributed by atoms with van der Waals surface area (Å²) < 4.78 is 57.9. The van der Waals surface area contributed by atoms with Crippen molar-refractivity contribution in [1.82, 2.24) is 25.0 Å². The molecular formula is C14H16F2N6O3S2. The maximum atomic E-state index is 12.6. The zero-order valence-electron chi connectivity index (χ0n) is 14.4. The lowest BCUT2D eigenvalue weighted by molar-refractivity contribution is 0.116. The lowest BCUT2D eigenvalue weighted by Crippen LogP contribution is -2.31. The van der Waals surface area contributed by atoms with Crippen LogP contribution in [0.2, 0.25) is 0 Å². The summed E-state index contributed by atoms with van der Waals surface area (Å²) >= 11 is 1.09. The summed E-state index contributed by atoms with van der Waals surface area (Å²) in [7, 11) is -3.57. The van der Waals surface area contributed by atoms with Crippen molar-refractivity contribution in [2.24, 2.45) is 0 Å². The molecule has 0 aliphatic heterocycles. The smallest absolute Gasteiger partial charge is 0.314 e. The van der Waals surface area contributed by atoms with Gasteiger partial charge in [0.05, 0.1) is 30.4 Å². The van der Waals surface area contributed by atoms with Gasteiger partial charge in [-0.3, -0.25) is 8.99 Å². The molecule has 0 aliphatic carbocycles. The summed E-state index contributed by atoms with van der Waals surface area (Å²) in [5.74, 6) is -0.955. The van der Waals surface area contributed by atoms with Crippen molar-refractivity contribution in [3.05, 3.63) is 29.5 Å². The van der Waals surface area contributed by atoms with Gasteiger partial charge < -0.3 is 4.42 Å². The third-order valence-corrected chi connectivity index (χ3v) is 6.31. The maximum Gasteiger partial charge on any atom is 0.314 e. The molecule has 0 aromatic carbocycles. The second-order valence-corrected chi connectivity index (χ2v) is 8.62. The predicted molar refractivity (Wildman–Crippen MR) is 93.9 cm³/mol. The molecule has 0 spiro atoms. The van der Waals surface area contributed by atoms with Crippen LogP contribution < -0.4 is 4.31 Å². The van der Waals surface area contributed by atoms with Crippen molar-refractivity contribution < 1.29 is 21.6 Å². The number of halogens is 2. The van der Waals surface area contributed by atoms with Crippen molar-refractivity contribution in [3.8, 4) is 10.8 Å². The molecule has 3 heterocycles. The Morgan fingerprint density at radius 2 is 2.07 bits per heavy atom. The molecule has 9 nitrogen and oxygen atoms in total. The van der Waals surface area contributed by atoms with E-state index in [1.165, 1.54) is 16.7 Å². The van der Waals surface area contributed by atoms with Crippen LogP contribution in [-0.2, 0) is 23.1 Å². The Balaban J connectivity index is 1.87. The molecule has 27 heavy (non-hydrogen) atoms. The lowest BCUT2D eigenvalue weighted by Gasteiger charge is -2.20. The van der Waals surface area contributed by atoms with E-state index >= 15 is 0 Å². The number of anilines is 1. The molecular weight excluding hydrogens is 402 g/mol. The molecule has 0 N–H and O–H groups in total. The molecule has 0 radical (unpaired) electrons. The number of alkyl halides is 2. The molecule has 0 amide bonds. The van der Waals surface area contributed by atoms with Gasteiger partial charge in [0.25, 0.3) is 11.8 Å². The Labute approximate surface area is 157 Å². The molecule has 0 bridgehead atoms. The molecule has 0 saturated carbocycles. The van der Waals surface area contributed by atoms with Crippen molar-refractivity contribution in [3.63, 3.8) is 0 Å². The van der Waals surface area contributed by atoms with E-state index < -0.39 is 22.3 Å². The largest absolute Gasteiger partial charge is 0.414 e. The van der Waals surface area contributed by atoms with E-state index in [0.717, 1.165) is 11.3 Å².